The van der Waals surface area contributed by atoms with E-state index in [0.29, 0.717) is 11.1 Å². The van der Waals surface area contributed by atoms with E-state index < -0.39 is 11.9 Å². The van der Waals surface area contributed by atoms with Crippen molar-refractivity contribution in [3.8, 4) is 5.75 Å². The van der Waals surface area contributed by atoms with Gasteiger partial charge in [0.1, 0.15) is 5.75 Å². The SMILES string of the molecule is Cc1cc(O)ccc1C(=O)NNC(N)=O. The van der Waals surface area contributed by atoms with Crippen LogP contribution in [0.3, 0.4) is 0 Å². The second-order valence-corrected chi connectivity index (χ2v) is 2.94. The first kappa shape index (κ1) is 10.8. The van der Waals surface area contributed by atoms with Gasteiger partial charge in [-0.3, -0.25) is 10.2 Å². The standard InChI is InChI=1S/C9H11N3O3/c1-5-4-6(13)2-3-7(5)8(14)11-12-9(10)15/h2-4,13H,1H3,(H,11,14)(H3,10,12,15). The Morgan fingerprint density at radius 2 is 2.00 bits per heavy atom. The summed E-state index contributed by atoms with van der Waals surface area (Å²) in [5.41, 5.74) is 9.80. The third-order valence-corrected chi connectivity index (χ3v) is 1.75. The van der Waals surface area contributed by atoms with Crippen molar-refractivity contribution in [2.75, 3.05) is 0 Å². The molecule has 3 amide bonds. The first-order valence-electron chi connectivity index (χ1n) is 4.16. The van der Waals surface area contributed by atoms with E-state index in [0.717, 1.165) is 0 Å². The molecule has 0 aliphatic heterocycles. The maximum atomic E-state index is 11.4. The molecule has 5 N–H and O–H groups in total. The normalized spacial score (nSPS) is 9.40. The largest absolute Gasteiger partial charge is 0.508 e. The molecular formula is C9H11N3O3. The number of rotatable bonds is 1. The third kappa shape index (κ3) is 2.87. The zero-order valence-corrected chi connectivity index (χ0v) is 8.07. The number of amides is 3. The molecular weight excluding hydrogens is 198 g/mol. The zero-order chi connectivity index (χ0) is 11.4. The van der Waals surface area contributed by atoms with Crippen LogP contribution in [0.2, 0.25) is 0 Å². The molecule has 0 aliphatic carbocycles. The lowest BCUT2D eigenvalue weighted by molar-refractivity contribution is 0.0936. The van der Waals surface area contributed by atoms with Crippen LogP contribution in [-0.2, 0) is 0 Å². The highest BCUT2D eigenvalue weighted by Gasteiger charge is 2.09. The first-order chi connectivity index (χ1) is 7.00. The molecule has 0 unspecified atom stereocenters. The summed E-state index contributed by atoms with van der Waals surface area (Å²) < 4.78 is 0. The number of hydrazine groups is 1. The quantitative estimate of drug-likeness (QED) is 0.490. The van der Waals surface area contributed by atoms with Crippen LogP contribution in [0.15, 0.2) is 18.2 Å². The Morgan fingerprint density at radius 3 is 2.53 bits per heavy atom. The summed E-state index contributed by atoms with van der Waals surface area (Å²) in [6.07, 6.45) is 0. The molecule has 0 atom stereocenters. The molecule has 1 aromatic carbocycles. The van der Waals surface area contributed by atoms with Gasteiger partial charge in [-0.05, 0) is 30.7 Å². The fourth-order valence-electron chi connectivity index (χ4n) is 1.09. The number of aryl methyl sites for hydroxylation is 1. The van der Waals surface area contributed by atoms with Crippen molar-refractivity contribution in [1.29, 1.82) is 0 Å². The number of benzene rings is 1. The lowest BCUT2D eigenvalue weighted by Gasteiger charge is -2.07. The molecule has 0 spiro atoms. The molecule has 0 heterocycles. The van der Waals surface area contributed by atoms with Crippen LogP contribution in [0.1, 0.15) is 15.9 Å². The summed E-state index contributed by atoms with van der Waals surface area (Å²) in [6, 6.07) is 3.42. The van der Waals surface area contributed by atoms with Crippen LogP contribution >= 0.6 is 0 Å². The smallest absolute Gasteiger partial charge is 0.330 e. The highest BCUT2D eigenvalue weighted by molar-refractivity contribution is 5.96. The Bertz CT molecular complexity index is 404. The maximum absolute atomic E-state index is 11.4. The number of urea groups is 1. The van der Waals surface area contributed by atoms with Crippen molar-refractivity contribution in [3.05, 3.63) is 29.3 Å². The lowest BCUT2D eigenvalue weighted by atomic mass is 10.1. The number of phenolic OH excluding ortho intramolecular Hbond substituents is 1. The Hall–Kier alpha value is -2.24. The third-order valence-electron chi connectivity index (χ3n) is 1.75. The number of aromatic hydroxyl groups is 1. The van der Waals surface area contributed by atoms with E-state index in [1.165, 1.54) is 18.2 Å². The summed E-state index contributed by atoms with van der Waals surface area (Å²) in [5.74, 6) is -0.418. The Morgan fingerprint density at radius 1 is 1.33 bits per heavy atom. The van der Waals surface area contributed by atoms with Crippen molar-refractivity contribution in [3.63, 3.8) is 0 Å². The Balaban J connectivity index is 2.78. The number of phenols is 1. The van der Waals surface area contributed by atoms with Gasteiger partial charge < -0.3 is 10.8 Å². The van der Waals surface area contributed by atoms with Gasteiger partial charge in [-0.1, -0.05) is 0 Å². The van der Waals surface area contributed by atoms with Crippen molar-refractivity contribution in [2.45, 2.75) is 6.92 Å². The van der Waals surface area contributed by atoms with Gasteiger partial charge in [0, 0.05) is 5.56 Å². The van der Waals surface area contributed by atoms with Gasteiger partial charge in [0.05, 0.1) is 0 Å². The molecule has 0 radical (unpaired) electrons. The van der Waals surface area contributed by atoms with E-state index in [1.807, 2.05) is 5.43 Å². The highest BCUT2D eigenvalue weighted by Crippen LogP contribution is 2.15. The van der Waals surface area contributed by atoms with Gasteiger partial charge in [-0.15, -0.1) is 0 Å². The molecule has 15 heavy (non-hydrogen) atoms. The van der Waals surface area contributed by atoms with Crippen LogP contribution in [0, 0.1) is 6.92 Å². The van der Waals surface area contributed by atoms with Gasteiger partial charge in [0.2, 0.25) is 0 Å². The molecule has 1 rings (SSSR count). The predicted molar refractivity (Wildman–Crippen MR) is 53.0 cm³/mol. The van der Waals surface area contributed by atoms with E-state index in [-0.39, 0.29) is 5.75 Å². The Labute approximate surface area is 86.1 Å². The van der Waals surface area contributed by atoms with Gasteiger partial charge in [0.15, 0.2) is 0 Å². The molecule has 0 aromatic heterocycles. The fraction of sp³-hybridized carbons (Fsp3) is 0.111. The number of primary amides is 1. The minimum Gasteiger partial charge on any atom is -0.508 e. The second kappa shape index (κ2) is 4.32. The van der Waals surface area contributed by atoms with Crippen LogP contribution in [-0.4, -0.2) is 17.0 Å². The number of carbonyl (C=O) groups is 2. The van der Waals surface area contributed by atoms with E-state index in [1.54, 1.807) is 6.92 Å². The van der Waals surface area contributed by atoms with Crippen molar-refractivity contribution in [2.24, 2.45) is 5.73 Å². The van der Waals surface area contributed by atoms with Gasteiger partial charge in [-0.2, -0.15) is 0 Å². The maximum Gasteiger partial charge on any atom is 0.330 e. The summed E-state index contributed by atoms with van der Waals surface area (Å²) in [5, 5.41) is 9.12. The monoisotopic (exact) mass is 209 g/mol. The Kier molecular flexibility index (Phi) is 3.12. The molecule has 0 aliphatic rings. The predicted octanol–water partition coefficient (Wildman–Crippen LogP) is 0.0137. The average molecular weight is 209 g/mol. The summed E-state index contributed by atoms with van der Waals surface area (Å²) in [6.45, 7) is 1.67. The van der Waals surface area contributed by atoms with Crippen LogP contribution < -0.4 is 16.6 Å². The van der Waals surface area contributed by atoms with E-state index >= 15 is 0 Å². The molecule has 0 saturated heterocycles. The summed E-state index contributed by atoms with van der Waals surface area (Å²) >= 11 is 0. The molecule has 1 aromatic rings. The molecule has 0 fully saturated rings. The molecule has 6 heteroatoms. The van der Waals surface area contributed by atoms with Crippen molar-refractivity contribution in [1.82, 2.24) is 10.9 Å². The summed E-state index contributed by atoms with van der Waals surface area (Å²) in [7, 11) is 0. The van der Waals surface area contributed by atoms with E-state index in [4.69, 9.17) is 10.8 Å². The number of carbonyl (C=O) groups excluding carboxylic acids is 2. The van der Waals surface area contributed by atoms with Crippen LogP contribution in [0.5, 0.6) is 5.75 Å². The summed E-state index contributed by atoms with van der Waals surface area (Å²) in [4.78, 5) is 21.7. The van der Waals surface area contributed by atoms with Gasteiger partial charge in [-0.25, -0.2) is 10.2 Å². The lowest BCUT2D eigenvalue weighted by Crippen LogP contribution is -2.44. The second-order valence-electron chi connectivity index (χ2n) is 2.94. The molecule has 0 bridgehead atoms. The topological polar surface area (TPSA) is 104 Å². The first-order valence-corrected chi connectivity index (χ1v) is 4.16. The molecule has 80 valence electrons. The number of hydrogen-bond donors (Lipinski definition) is 4. The van der Waals surface area contributed by atoms with Crippen LogP contribution in [0.4, 0.5) is 4.79 Å². The van der Waals surface area contributed by atoms with E-state index in [2.05, 4.69) is 5.43 Å². The minimum atomic E-state index is -0.847. The van der Waals surface area contributed by atoms with Crippen LogP contribution in [0.25, 0.3) is 0 Å². The number of nitrogens with one attached hydrogen (secondary N) is 2. The van der Waals surface area contributed by atoms with Crippen molar-refractivity contribution < 1.29 is 14.7 Å². The van der Waals surface area contributed by atoms with Crippen molar-refractivity contribution >= 4 is 11.9 Å². The van der Waals surface area contributed by atoms with Gasteiger partial charge >= 0.3 is 6.03 Å². The molecule has 0 saturated carbocycles. The zero-order valence-electron chi connectivity index (χ0n) is 8.07. The highest BCUT2D eigenvalue weighted by atomic mass is 16.3. The number of hydrogen-bond acceptors (Lipinski definition) is 3. The minimum absolute atomic E-state index is 0.0758. The molecule has 6 nitrogen and oxygen atoms in total. The van der Waals surface area contributed by atoms with E-state index in [9.17, 15) is 9.59 Å². The fourth-order valence-corrected chi connectivity index (χ4v) is 1.09. The number of nitrogens with two attached hydrogens (primary N) is 1. The average Bonchev–Trinajstić information content (AvgIpc) is 2.14. The van der Waals surface area contributed by atoms with Gasteiger partial charge in [0.25, 0.3) is 5.91 Å².